The zero-order chi connectivity index (χ0) is 11.3. The van der Waals surface area contributed by atoms with Crippen molar-refractivity contribution in [3.05, 3.63) is 0 Å². The molecule has 15 heavy (non-hydrogen) atoms. The third-order valence-corrected chi connectivity index (χ3v) is 4.50. The molecule has 0 amide bonds. The summed E-state index contributed by atoms with van der Waals surface area (Å²) in [7, 11) is -3.69. The molecule has 1 unspecified atom stereocenters. The molecule has 0 aromatic heterocycles. The van der Waals surface area contributed by atoms with E-state index in [9.17, 15) is 12.6 Å². The maximum absolute atomic E-state index is 11.2. The molecule has 1 rings (SSSR count). The zero-order valence-corrected chi connectivity index (χ0v) is 9.94. The van der Waals surface area contributed by atoms with Crippen LogP contribution in [0.25, 0.3) is 0 Å². The van der Waals surface area contributed by atoms with Crippen molar-refractivity contribution < 1.29 is 17.2 Å². The van der Waals surface area contributed by atoms with Crippen LogP contribution in [-0.2, 0) is 21.3 Å². The van der Waals surface area contributed by atoms with Crippen LogP contribution in [0.3, 0.4) is 0 Å². The summed E-state index contributed by atoms with van der Waals surface area (Å²) in [6.07, 6.45) is 5.35. The van der Waals surface area contributed by atoms with Crippen molar-refractivity contribution in [3.63, 3.8) is 0 Å². The standard InChI is InChI=1S/C7H16N2O4S2/c10-14(11)9-15(12,13)6-8-7-4-2-1-3-5-7/h7-9H,1-6H2,(H,10,11). The van der Waals surface area contributed by atoms with Crippen LogP contribution in [0.2, 0.25) is 0 Å². The van der Waals surface area contributed by atoms with Gasteiger partial charge in [-0.2, -0.15) is 0 Å². The van der Waals surface area contributed by atoms with Crippen molar-refractivity contribution in [2.45, 2.75) is 38.1 Å². The molecule has 0 aromatic carbocycles. The lowest BCUT2D eigenvalue weighted by Crippen LogP contribution is -2.40. The molecule has 0 aliphatic heterocycles. The second-order valence-electron chi connectivity index (χ2n) is 3.63. The van der Waals surface area contributed by atoms with Crippen LogP contribution in [0.5, 0.6) is 0 Å². The van der Waals surface area contributed by atoms with E-state index in [0.717, 1.165) is 25.7 Å². The first-order chi connectivity index (χ1) is 6.99. The number of hydrogen-bond donors (Lipinski definition) is 3. The molecule has 1 fully saturated rings. The summed E-state index contributed by atoms with van der Waals surface area (Å²) in [6, 6.07) is 0.211. The maximum Gasteiger partial charge on any atom is 0.245 e. The lowest BCUT2D eigenvalue weighted by molar-refractivity contribution is 0.387. The molecule has 0 spiro atoms. The van der Waals surface area contributed by atoms with Gasteiger partial charge in [0.2, 0.25) is 21.3 Å². The van der Waals surface area contributed by atoms with Gasteiger partial charge in [-0.1, -0.05) is 19.3 Å². The Morgan fingerprint density at radius 1 is 1.27 bits per heavy atom. The maximum atomic E-state index is 11.2. The molecule has 3 N–H and O–H groups in total. The Morgan fingerprint density at radius 3 is 2.40 bits per heavy atom. The Labute approximate surface area is 92.3 Å². The van der Waals surface area contributed by atoms with Crippen LogP contribution >= 0.6 is 0 Å². The summed E-state index contributed by atoms with van der Waals surface area (Å²) in [5.41, 5.74) is 0. The van der Waals surface area contributed by atoms with Gasteiger partial charge in [-0.15, -0.1) is 4.13 Å². The molecule has 1 aliphatic carbocycles. The summed E-state index contributed by atoms with van der Waals surface area (Å²) in [5.74, 6) is -0.302. The Kier molecular flexibility index (Phi) is 5.13. The first-order valence-electron chi connectivity index (χ1n) is 4.84. The second-order valence-corrected chi connectivity index (χ2v) is 6.31. The van der Waals surface area contributed by atoms with Gasteiger partial charge in [0.1, 0.15) is 5.88 Å². The van der Waals surface area contributed by atoms with E-state index in [1.54, 1.807) is 4.13 Å². The van der Waals surface area contributed by atoms with E-state index in [4.69, 9.17) is 4.55 Å². The van der Waals surface area contributed by atoms with Gasteiger partial charge < -0.3 is 0 Å². The predicted molar refractivity (Wildman–Crippen MR) is 57.7 cm³/mol. The smallest absolute Gasteiger partial charge is 0.245 e. The van der Waals surface area contributed by atoms with E-state index in [-0.39, 0.29) is 11.9 Å². The van der Waals surface area contributed by atoms with E-state index in [1.165, 1.54) is 6.42 Å². The molecular weight excluding hydrogens is 240 g/mol. The highest BCUT2D eigenvalue weighted by Crippen LogP contribution is 2.17. The molecule has 0 aromatic rings. The quantitative estimate of drug-likeness (QED) is 0.598. The van der Waals surface area contributed by atoms with Crippen LogP contribution in [-0.4, -0.2) is 29.1 Å². The zero-order valence-electron chi connectivity index (χ0n) is 8.31. The van der Waals surface area contributed by atoms with E-state index in [2.05, 4.69) is 5.32 Å². The Morgan fingerprint density at radius 2 is 1.87 bits per heavy atom. The first kappa shape index (κ1) is 13.0. The van der Waals surface area contributed by atoms with Crippen LogP contribution < -0.4 is 9.44 Å². The molecule has 1 atom stereocenters. The van der Waals surface area contributed by atoms with Crippen molar-refractivity contribution >= 4 is 21.3 Å². The first-order valence-corrected chi connectivity index (χ1v) is 7.60. The number of nitrogens with one attached hydrogen (secondary N) is 2. The lowest BCUT2D eigenvalue weighted by atomic mass is 9.96. The Bertz CT molecular complexity index is 311. The van der Waals surface area contributed by atoms with Gasteiger partial charge in [-0.3, -0.25) is 9.87 Å². The van der Waals surface area contributed by atoms with E-state index < -0.39 is 21.3 Å². The second kappa shape index (κ2) is 5.90. The molecular formula is C7H16N2O4S2. The van der Waals surface area contributed by atoms with Gasteiger partial charge in [0, 0.05) is 6.04 Å². The van der Waals surface area contributed by atoms with Gasteiger partial charge in [0.05, 0.1) is 0 Å². The highest BCUT2D eigenvalue weighted by atomic mass is 32.3. The highest BCUT2D eigenvalue weighted by molar-refractivity contribution is 7.99. The Balaban J connectivity index is 2.31. The average molecular weight is 256 g/mol. The Hall–Kier alpha value is -0.0200. The monoisotopic (exact) mass is 256 g/mol. The van der Waals surface area contributed by atoms with Crippen molar-refractivity contribution in [1.82, 2.24) is 9.44 Å². The number of rotatable bonds is 5. The van der Waals surface area contributed by atoms with E-state index in [0.29, 0.717) is 0 Å². The van der Waals surface area contributed by atoms with Gasteiger partial charge in [0.15, 0.2) is 0 Å². The third kappa shape index (κ3) is 5.57. The minimum atomic E-state index is -3.69. The van der Waals surface area contributed by atoms with Gasteiger partial charge >= 0.3 is 0 Å². The molecule has 1 saturated carbocycles. The fourth-order valence-electron chi connectivity index (χ4n) is 1.67. The summed E-state index contributed by atoms with van der Waals surface area (Å²) >= 11 is -2.52. The van der Waals surface area contributed by atoms with Crippen LogP contribution in [0, 0.1) is 0 Å². The third-order valence-electron chi connectivity index (χ3n) is 2.37. The van der Waals surface area contributed by atoms with E-state index in [1.807, 2.05) is 0 Å². The highest BCUT2D eigenvalue weighted by Gasteiger charge is 2.17. The number of hydrogen-bond acceptors (Lipinski definition) is 4. The lowest BCUT2D eigenvalue weighted by Gasteiger charge is -2.22. The normalized spacial score (nSPS) is 21.4. The topological polar surface area (TPSA) is 95.5 Å². The fourth-order valence-corrected chi connectivity index (χ4v) is 3.23. The molecule has 0 bridgehead atoms. The summed E-state index contributed by atoms with van der Waals surface area (Å²) in [4.78, 5) is 0. The molecule has 8 heteroatoms. The van der Waals surface area contributed by atoms with Gasteiger partial charge in [-0.25, -0.2) is 12.6 Å². The van der Waals surface area contributed by atoms with Crippen LogP contribution in [0.1, 0.15) is 32.1 Å². The number of sulfonamides is 1. The van der Waals surface area contributed by atoms with Crippen molar-refractivity contribution in [1.29, 1.82) is 0 Å². The molecule has 1 aliphatic rings. The fraction of sp³-hybridized carbons (Fsp3) is 1.00. The molecule has 0 radical (unpaired) electrons. The minimum Gasteiger partial charge on any atom is -0.300 e. The van der Waals surface area contributed by atoms with Crippen molar-refractivity contribution in [2.24, 2.45) is 0 Å². The molecule has 0 saturated heterocycles. The molecule has 6 nitrogen and oxygen atoms in total. The van der Waals surface area contributed by atoms with Crippen LogP contribution in [0.15, 0.2) is 0 Å². The van der Waals surface area contributed by atoms with Crippen LogP contribution in [0.4, 0.5) is 0 Å². The summed E-state index contributed by atoms with van der Waals surface area (Å²) < 4.78 is 42.5. The molecule has 90 valence electrons. The summed E-state index contributed by atoms with van der Waals surface area (Å²) in [6.45, 7) is 0. The summed E-state index contributed by atoms with van der Waals surface area (Å²) in [5, 5.41) is 2.87. The van der Waals surface area contributed by atoms with Crippen molar-refractivity contribution in [2.75, 3.05) is 5.88 Å². The minimum absolute atomic E-state index is 0.211. The average Bonchev–Trinajstić information content (AvgIpc) is 2.15. The van der Waals surface area contributed by atoms with Gasteiger partial charge in [-0.05, 0) is 12.8 Å². The molecule has 0 heterocycles. The SMILES string of the molecule is O=S(O)NS(=O)(=O)CNC1CCCCC1. The predicted octanol–water partition coefficient (Wildman–Crippen LogP) is -0.0777. The van der Waals surface area contributed by atoms with Crippen molar-refractivity contribution in [3.8, 4) is 0 Å². The largest absolute Gasteiger partial charge is 0.300 e. The van der Waals surface area contributed by atoms with Gasteiger partial charge in [0.25, 0.3) is 0 Å². The van der Waals surface area contributed by atoms with E-state index >= 15 is 0 Å².